The molecule has 0 atom stereocenters. The molecule has 1 aliphatic rings. The number of rotatable bonds is 5. The van der Waals surface area contributed by atoms with E-state index in [1.807, 2.05) is 0 Å². The lowest BCUT2D eigenvalue weighted by Gasteiger charge is -2.31. The molecule has 0 aliphatic carbocycles. The van der Waals surface area contributed by atoms with Gasteiger partial charge in [-0.3, -0.25) is 19.2 Å². The summed E-state index contributed by atoms with van der Waals surface area (Å²) in [5, 5.41) is 13.9. The Hall–Kier alpha value is -3.72. The van der Waals surface area contributed by atoms with Crippen LogP contribution in [0.5, 0.6) is 0 Å². The second-order valence-electron chi connectivity index (χ2n) is 7.55. The fraction of sp³-hybridized carbons (Fsp3) is 0.174. The van der Waals surface area contributed by atoms with Gasteiger partial charge >= 0.3 is 0 Å². The number of carbonyl (C=O) groups is 1. The first kappa shape index (κ1) is 21.5. The molecule has 0 saturated carbocycles. The number of aryl methyl sites for hydroxylation is 2. The summed E-state index contributed by atoms with van der Waals surface area (Å²) >= 11 is 0. The quantitative estimate of drug-likeness (QED) is 0.459. The highest BCUT2D eigenvalue weighted by Gasteiger charge is 2.29. The van der Waals surface area contributed by atoms with Gasteiger partial charge in [0.15, 0.2) is 0 Å². The number of nitro groups is 1. The van der Waals surface area contributed by atoms with Gasteiger partial charge in [-0.25, -0.2) is 8.42 Å². The SMILES string of the molecule is Cc1ccc(C(=O)Nc2ccc3c(c2)N(S(=O)(=O)c2ccccc2)CCC3)cc1[N+](=O)[O-]. The maximum Gasteiger partial charge on any atom is 0.273 e. The number of nitrogens with one attached hydrogen (secondary N) is 1. The predicted octanol–water partition coefficient (Wildman–Crippen LogP) is 4.30. The monoisotopic (exact) mass is 451 g/mol. The number of amides is 1. The van der Waals surface area contributed by atoms with Crippen LogP contribution in [0, 0.1) is 17.0 Å². The third-order valence-corrected chi connectivity index (χ3v) is 7.25. The van der Waals surface area contributed by atoms with Gasteiger partial charge in [-0.05, 0) is 55.7 Å². The van der Waals surface area contributed by atoms with Gasteiger partial charge in [-0.2, -0.15) is 0 Å². The lowest BCUT2D eigenvalue weighted by molar-refractivity contribution is -0.385. The van der Waals surface area contributed by atoms with E-state index in [4.69, 9.17) is 0 Å². The van der Waals surface area contributed by atoms with E-state index in [1.54, 1.807) is 55.5 Å². The van der Waals surface area contributed by atoms with Crippen LogP contribution >= 0.6 is 0 Å². The number of nitrogens with zero attached hydrogens (tertiary/aromatic N) is 2. The molecule has 0 unspecified atom stereocenters. The van der Waals surface area contributed by atoms with Gasteiger partial charge in [0, 0.05) is 29.4 Å². The minimum atomic E-state index is -3.75. The molecule has 9 heteroatoms. The van der Waals surface area contributed by atoms with Gasteiger partial charge in [0.1, 0.15) is 0 Å². The lowest BCUT2D eigenvalue weighted by atomic mass is 10.0. The molecule has 0 bridgehead atoms. The fourth-order valence-corrected chi connectivity index (χ4v) is 5.29. The first-order valence-electron chi connectivity index (χ1n) is 10.0. The zero-order chi connectivity index (χ0) is 22.9. The Morgan fingerprint density at radius 1 is 1.06 bits per heavy atom. The minimum Gasteiger partial charge on any atom is -0.322 e. The normalized spacial score (nSPS) is 13.3. The highest BCUT2D eigenvalue weighted by Crippen LogP contribution is 2.34. The molecule has 1 amide bonds. The summed E-state index contributed by atoms with van der Waals surface area (Å²) in [5.74, 6) is -0.513. The molecule has 1 N–H and O–H groups in total. The Labute approximate surface area is 185 Å². The standard InChI is InChI=1S/C23H21N3O5S/c1-16-9-10-18(14-21(16)26(28)29)23(27)24-19-12-11-17-6-5-13-25(22(17)15-19)32(30,31)20-7-3-2-4-8-20/h2-4,7-12,14-15H,5-6,13H2,1H3,(H,24,27). The summed E-state index contributed by atoms with van der Waals surface area (Å²) < 4.78 is 27.8. The van der Waals surface area contributed by atoms with Crippen LogP contribution in [0.4, 0.5) is 17.1 Å². The third-order valence-electron chi connectivity index (χ3n) is 5.42. The smallest absolute Gasteiger partial charge is 0.273 e. The van der Waals surface area contributed by atoms with Crippen LogP contribution in [0.2, 0.25) is 0 Å². The number of nitro benzene ring substituents is 1. The summed E-state index contributed by atoms with van der Waals surface area (Å²) in [6.07, 6.45) is 1.42. The second-order valence-corrected chi connectivity index (χ2v) is 9.41. The molecule has 0 saturated heterocycles. The Kier molecular flexibility index (Phi) is 5.67. The van der Waals surface area contributed by atoms with Gasteiger partial charge < -0.3 is 5.32 Å². The van der Waals surface area contributed by atoms with Crippen LogP contribution in [0.1, 0.15) is 27.9 Å². The average Bonchev–Trinajstić information content (AvgIpc) is 2.79. The molecule has 4 rings (SSSR count). The summed E-state index contributed by atoms with van der Waals surface area (Å²) in [4.78, 5) is 23.5. The van der Waals surface area contributed by atoms with Gasteiger partial charge in [-0.15, -0.1) is 0 Å². The molecule has 0 fully saturated rings. The summed E-state index contributed by atoms with van der Waals surface area (Å²) in [5.41, 5.74) is 2.28. The van der Waals surface area contributed by atoms with Crippen molar-refractivity contribution in [3.63, 3.8) is 0 Å². The van der Waals surface area contributed by atoms with Gasteiger partial charge in [0.2, 0.25) is 0 Å². The second kappa shape index (κ2) is 8.43. The van der Waals surface area contributed by atoms with E-state index in [0.29, 0.717) is 29.9 Å². The van der Waals surface area contributed by atoms with Crippen molar-refractivity contribution >= 4 is 33.0 Å². The molecule has 3 aromatic carbocycles. The topological polar surface area (TPSA) is 110 Å². The lowest BCUT2D eigenvalue weighted by Crippen LogP contribution is -2.35. The molecule has 3 aromatic rings. The Balaban J connectivity index is 1.65. The first-order chi connectivity index (χ1) is 15.3. The highest BCUT2D eigenvalue weighted by molar-refractivity contribution is 7.92. The molecule has 0 spiro atoms. The number of sulfonamides is 1. The van der Waals surface area contributed by atoms with Crippen LogP contribution in [0.15, 0.2) is 71.6 Å². The van der Waals surface area contributed by atoms with E-state index in [-0.39, 0.29) is 16.1 Å². The summed E-state index contributed by atoms with van der Waals surface area (Å²) in [6.45, 7) is 1.94. The molecule has 1 heterocycles. The van der Waals surface area contributed by atoms with Crippen molar-refractivity contribution in [2.45, 2.75) is 24.7 Å². The predicted molar refractivity (Wildman–Crippen MR) is 122 cm³/mol. The molecular weight excluding hydrogens is 430 g/mol. The van der Waals surface area contributed by atoms with Gasteiger partial charge in [0.25, 0.3) is 21.6 Å². The molecule has 164 valence electrons. The Morgan fingerprint density at radius 3 is 2.53 bits per heavy atom. The molecule has 8 nitrogen and oxygen atoms in total. The first-order valence-corrected chi connectivity index (χ1v) is 11.5. The van der Waals surface area contributed by atoms with E-state index in [0.717, 1.165) is 12.0 Å². The highest BCUT2D eigenvalue weighted by atomic mass is 32.2. The van der Waals surface area contributed by atoms with E-state index < -0.39 is 20.9 Å². The molecule has 32 heavy (non-hydrogen) atoms. The number of anilines is 2. The summed E-state index contributed by atoms with van der Waals surface area (Å²) in [6, 6.07) is 17.6. The number of hydrogen-bond donors (Lipinski definition) is 1. The number of fused-ring (bicyclic) bond motifs is 1. The maximum atomic E-state index is 13.2. The number of benzene rings is 3. The van der Waals surface area contributed by atoms with Crippen molar-refractivity contribution in [1.29, 1.82) is 0 Å². The van der Waals surface area contributed by atoms with Crippen LogP contribution < -0.4 is 9.62 Å². The van der Waals surface area contributed by atoms with Gasteiger partial charge in [0.05, 0.1) is 15.5 Å². The average molecular weight is 452 g/mol. The van der Waals surface area contributed by atoms with Gasteiger partial charge in [-0.1, -0.05) is 30.3 Å². The maximum absolute atomic E-state index is 13.2. The van der Waals surface area contributed by atoms with Crippen LogP contribution in [-0.2, 0) is 16.4 Å². The van der Waals surface area contributed by atoms with E-state index in [1.165, 1.54) is 22.5 Å². The number of hydrogen-bond acceptors (Lipinski definition) is 5. The largest absolute Gasteiger partial charge is 0.322 e. The molecular formula is C23H21N3O5S. The van der Waals surface area contributed by atoms with E-state index >= 15 is 0 Å². The Morgan fingerprint density at radius 2 is 1.81 bits per heavy atom. The zero-order valence-corrected chi connectivity index (χ0v) is 18.1. The van der Waals surface area contributed by atoms with E-state index in [9.17, 15) is 23.3 Å². The summed E-state index contributed by atoms with van der Waals surface area (Å²) in [7, 11) is -3.75. The van der Waals surface area contributed by atoms with Crippen molar-refractivity contribution in [3.8, 4) is 0 Å². The molecule has 0 aromatic heterocycles. The van der Waals surface area contributed by atoms with Crippen LogP contribution in [-0.4, -0.2) is 25.8 Å². The zero-order valence-electron chi connectivity index (χ0n) is 17.3. The van der Waals surface area contributed by atoms with Crippen LogP contribution in [0.25, 0.3) is 0 Å². The fourth-order valence-electron chi connectivity index (χ4n) is 3.74. The van der Waals surface area contributed by atoms with Crippen LogP contribution in [0.3, 0.4) is 0 Å². The van der Waals surface area contributed by atoms with Crippen molar-refractivity contribution in [1.82, 2.24) is 0 Å². The minimum absolute atomic E-state index is 0.136. The molecule has 1 aliphatic heterocycles. The third kappa shape index (κ3) is 4.06. The van der Waals surface area contributed by atoms with Crippen molar-refractivity contribution in [2.24, 2.45) is 0 Å². The van der Waals surface area contributed by atoms with Crippen molar-refractivity contribution in [2.75, 3.05) is 16.2 Å². The Bertz CT molecular complexity index is 1310. The molecule has 0 radical (unpaired) electrons. The van der Waals surface area contributed by atoms with E-state index in [2.05, 4.69) is 5.32 Å². The van der Waals surface area contributed by atoms with Crippen molar-refractivity contribution in [3.05, 3.63) is 93.5 Å². The number of carbonyl (C=O) groups excluding carboxylic acids is 1. The van der Waals surface area contributed by atoms with Crippen molar-refractivity contribution < 1.29 is 18.1 Å².